The monoisotopic (exact) mass is 673 g/mol. The second kappa shape index (κ2) is 13.6. The van der Waals surface area contributed by atoms with Crippen LogP contribution in [0.2, 0.25) is 5.02 Å². The van der Waals surface area contributed by atoms with Gasteiger partial charge >= 0.3 is 6.36 Å². The van der Waals surface area contributed by atoms with Crippen molar-refractivity contribution in [2.24, 2.45) is 4.99 Å². The molecule has 0 spiro atoms. The predicted molar refractivity (Wildman–Crippen MR) is 174 cm³/mol. The molecule has 1 amide bonds. The van der Waals surface area contributed by atoms with E-state index in [0.29, 0.717) is 27.4 Å². The number of hydrogen-bond acceptors (Lipinski definition) is 7. The maximum atomic E-state index is 12.8. The first-order valence-electron chi connectivity index (χ1n) is 13.7. The Balaban J connectivity index is 1.20. The molecular weight excluding hydrogens is 647 g/mol. The highest BCUT2D eigenvalue weighted by Crippen LogP contribution is 2.35. The van der Waals surface area contributed by atoms with Crippen molar-refractivity contribution in [3.63, 3.8) is 0 Å². The van der Waals surface area contributed by atoms with E-state index in [1.807, 2.05) is 51.1 Å². The number of ether oxygens (including phenoxy) is 1. The van der Waals surface area contributed by atoms with Gasteiger partial charge in [-0.25, -0.2) is 15.1 Å². The van der Waals surface area contributed by atoms with Gasteiger partial charge in [-0.05, 0) is 72.6 Å². The van der Waals surface area contributed by atoms with E-state index in [1.165, 1.54) is 47.0 Å². The molecule has 15 heteroatoms. The smallest absolute Gasteiger partial charge is 0.406 e. The molecule has 1 saturated heterocycles. The lowest BCUT2D eigenvalue weighted by Gasteiger charge is -2.22. The number of aromatic nitrogens is 3. The first-order valence-corrected chi connectivity index (χ1v) is 15.4. The Bertz CT molecular complexity index is 1730. The average Bonchev–Trinajstić information content (AvgIpc) is 3.62. The number of amides is 1. The number of benzene rings is 3. The first-order chi connectivity index (χ1) is 21.4. The highest BCUT2D eigenvalue weighted by Gasteiger charge is 2.32. The molecule has 0 saturated carbocycles. The molecule has 0 aliphatic carbocycles. The van der Waals surface area contributed by atoms with Crippen LogP contribution in [0, 0.1) is 0 Å². The Kier molecular flexibility index (Phi) is 9.77. The number of amidine groups is 1. The van der Waals surface area contributed by atoms with Gasteiger partial charge in [0.05, 0.1) is 17.1 Å². The maximum absolute atomic E-state index is 12.8. The van der Waals surface area contributed by atoms with Gasteiger partial charge in [0.25, 0.3) is 0 Å². The van der Waals surface area contributed by atoms with E-state index in [2.05, 4.69) is 30.7 Å². The summed E-state index contributed by atoms with van der Waals surface area (Å²) in [6.45, 7) is 6.04. The van der Waals surface area contributed by atoms with Gasteiger partial charge in [0.1, 0.15) is 12.1 Å². The van der Waals surface area contributed by atoms with Crippen LogP contribution in [0.3, 0.4) is 0 Å². The predicted octanol–water partition coefficient (Wildman–Crippen LogP) is 7.19. The van der Waals surface area contributed by atoms with E-state index in [-0.39, 0.29) is 34.5 Å². The van der Waals surface area contributed by atoms with Crippen molar-refractivity contribution in [2.45, 2.75) is 39.1 Å². The molecule has 1 aliphatic heterocycles. The molecule has 3 aromatic carbocycles. The molecule has 2 heterocycles. The number of halogens is 4. The quantitative estimate of drug-likeness (QED) is 0.150. The van der Waals surface area contributed by atoms with Crippen LogP contribution in [0.15, 0.2) is 78.0 Å². The summed E-state index contributed by atoms with van der Waals surface area (Å²) < 4.78 is 42.6. The number of aliphatic imine (C=N–C) groups is 1. The van der Waals surface area contributed by atoms with Crippen LogP contribution in [-0.4, -0.2) is 43.1 Å². The minimum atomic E-state index is -4.76. The van der Waals surface area contributed by atoms with Gasteiger partial charge in [-0.3, -0.25) is 15.1 Å². The highest BCUT2D eigenvalue weighted by atomic mass is 35.5. The summed E-state index contributed by atoms with van der Waals surface area (Å²) in [6.07, 6.45) is -3.28. The van der Waals surface area contributed by atoms with E-state index in [0.717, 1.165) is 16.7 Å². The first kappa shape index (κ1) is 32.4. The Hall–Kier alpha value is -3.98. The second-order valence-electron chi connectivity index (χ2n) is 10.2. The molecule has 4 aromatic rings. The Morgan fingerprint density at radius 3 is 2.47 bits per heavy atom. The normalized spacial score (nSPS) is 15.2. The number of hydrogen-bond donors (Lipinski definition) is 2. The molecule has 1 unspecified atom stereocenters. The second-order valence-corrected chi connectivity index (χ2v) is 12.0. The maximum Gasteiger partial charge on any atom is 0.573 e. The Morgan fingerprint density at radius 1 is 1.09 bits per heavy atom. The van der Waals surface area contributed by atoms with Crippen molar-refractivity contribution in [3.05, 3.63) is 89.2 Å². The summed E-state index contributed by atoms with van der Waals surface area (Å²) in [5.41, 5.74) is 9.97. The zero-order valence-electron chi connectivity index (χ0n) is 24.2. The number of carbonyl (C=O) groups excluding carboxylic acids is 1. The average molecular weight is 674 g/mol. The van der Waals surface area contributed by atoms with Gasteiger partial charge in [-0.2, -0.15) is 4.99 Å². The third-order valence-corrected chi connectivity index (χ3v) is 8.06. The van der Waals surface area contributed by atoms with Gasteiger partial charge in [0, 0.05) is 16.6 Å². The van der Waals surface area contributed by atoms with Crippen molar-refractivity contribution in [1.82, 2.24) is 25.6 Å². The lowest BCUT2D eigenvalue weighted by molar-refractivity contribution is -0.274. The molecule has 5 rings (SSSR count). The van der Waals surface area contributed by atoms with Crippen molar-refractivity contribution in [2.75, 3.05) is 10.7 Å². The highest BCUT2D eigenvalue weighted by molar-refractivity contribution is 8.15. The van der Waals surface area contributed by atoms with Crippen LogP contribution in [0.4, 0.5) is 18.9 Å². The topological polar surface area (TPSA) is 96.7 Å². The van der Waals surface area contributed by atoms with E-state index in [4.69, 9.17) is 23.8 Å². The van der Waals surface area contributed by atoms with Crippen LogP contribution >= 0.6 is 35.6 Å². The number of nitrogens with zero attached hydrogens (tertiary/aromatic N) is 5. The van der Waals surface area contributed by atoms with E-state index < -0.39 is 6.36 Å². The summed E-state index contributed by atoms with van der Waals surface area (Å²) in [6, 6.07) is 18.2. The fourth-order valence-electron chi connectivity index (χ4n) is 4.49. The Labute approximate surface area is 271 Å². The minimum absolute atomic E-state index is 0.0973. The zero-order chi connectivity index (χ0) is 32.3. The number of hydrazine groups is 1. The van der Waals surface area contributed by atoms with Crippen molar-refractivity contribution >= 4 is 57.5 Å². The van der Waals surface area contributed by atoms with Crippen molar-refractivity contribution in [1.29, 1.82) is 0 Å². The molecule has 1 fully saturated rings. The van der Waals surface area contributed by atoms with Crippen LogP contribution in [0.25, 0.3) is 17.1 Å². The number of alkyl halides is 3. The molecule has 1 atom stereocenters. The van der Waals surface area contributed by atoms with Crippen LogP contribution in [0.1, 0.15) is 43.9 Å². The van der Waals surface area contributed by atoms with E-state index in [1.54, 1.807) is 17.0 Å². The van der Waals surface area contributed by atoms with Gasteiger partial charge in [-0.15, -0.1) is 18.3 Å². The lowest BCUT2D eigenvalue weighted by atomic mass is 10.0. The van der Waals surface area contributed by atoms with Crippen LogP contribution < -0.4 is 20.5 Å². The van der Waals surface area contributed by atoms with Gasteiger partial charge in [0.15, 0.2) is 11.0 Å². The number of nitrogens with one attached hydrogen (secondary N) is 2. The fourth-order valence-corrected chi connectivity index (χ4v) is 5.73. The molecule has 0 radical (unpaired) electrons. The molecule has 234 valence electrons. The molecule has 9 nitrogen and oxygen atoms in total. The summed E-state index contributed by atoms with van der Waals surface area (Å²) in [5, 5.41) is 5.60. The van der Waals surface area contributed by atoms with Gasteiger partial charge in [0.2, 0.25) is 11.0 Å². The van der Waals surface area contributed by atoms with Gasteiger partial charge in [-0.1, -0.05) is 67.5 Å². The molecule has 1 aromatic heterocycles. The summed E-state index contributed by atoms with van der Waals surface area (Å²) in [7, 11) is 0. The van der Waals surface area contributed by atoms with Crippen molar-refractivity contribution in [3.8, 4) is 22.8 Å². The summed E-state index contributed by atoms with van der Waals surface area (Å²) in [5.74, 6) is 0.448. The number of anilines is 1. The van der Waals surface area contributed by atoms with E-state index >= 15 is 0 Å². The van der Waals surface area contributed by atoms with Crippen LogP contribution in [-0.2, 0) is 4.79 Å². The fraction of sp³-hybridized carbons (Fsp3) is 0.233. The zero-order valence-corrected chi connectivity index (χ0v) is 26.6. The largest absolute Gasteiger partial charge is 0.573 e. The standard InChI is InChI=1S/C30H27ClF3N7O2S2/c1-17(2)24-13-8-21(31)14-25(24)41-26(42)15-45-29(41)36-28(44)38-37-18(3)19-4-6-20(7-5-19)27-35-16-40(39-27)22-9-11-23(12-10-22)43-30(32,33)34/h4-14,16-18,37H,15H2,1-3H3,(H,38,44). The number of thiocarbonyl (C=S) groups is 1. The molecule has 2 N–H and O–H groups in total. The van der Waals surface area contributed by atoms with E-state index in [9.17, 15) is 18.0 Å². The molecule has 45 heavy (non-hydrogen) atoms. The Morgan fingerprint density at radius 2 is 1.80 bits per heavy atom. The third-order valence-electron chi connectivity index (χ3n) is 6.71. The number of rotatable bonds is 8. The van der Waals surface area contributed by atoms with Gasteiger partial charge < -0.3 is 4.74 Å². The summed E-state index contributed by atoms with van der Waals surface area (Å²) >= 11 is 13.0. The molecular formula is C30H27ClF3N7O2S2. The third kappa shape index (κ3) is 8.00. The molecule has 1 aliphatic rings. The van der Waals surface area contributed by atoms with Crippen molar-refractivity contribution < 1.29 is 22.7 Å². The minimum Gasteiger partial charge on any atom is -0.406 e. The lowest BCUT2D eigenvalue weighted by Crippen LogP contribution is -2.38. The SMILES string of the molecule is CC(C)c1ccc(Cl)cc1N1C(=O)CSC1=NC(=S)NNC(C)c1ccc(-c2ncn(-c3ccc(OC(F)(F)F)cc3)n2)cc1. The van der Waals surface area contributed by atoms with Crippen LogP contribution in [0.5, 0.6) is 5.75 Å². The summed E-state index contributed by atoms with van der Waals surface area (Å²) in [4.78, 5) is 23.2. The molecule has 0 bridgehead atoms. The number of thioether (sulfide) groups is 1. The number of carbonyl (C=O) groups is 1.